The Morgan fingerprint density at radius 2 is 1.35 bits per heavy atom. The lowest BCUT2D eigenvalue weighted by atomic mass is 9.91. The first-order valence-electron chi connectivity index (χ1n) is 7.67. The van der Waals surface area contributed by atoms with Gasteiger partial charge in [-0.25, -0.2) is 0 Å². The molecule has 0 radical (unpaired) electrons. The fraction of sp³-hybridized carbons (Fsp3) is 0.263. The number of carboxylic acid groups (broad SMARTS) is 1. The van der Waals surface area contributed by atoms with E-state index in [0.717, 1.165) is 11.1 Å². The number of carbonyl (C=O) groups is 2. The summed E-state index contributed by atoms with van der Waals surface area (Å²) in [5.74, 6) is -1.56. The lowest BCUT2D eigenvalue weighted by Gasteiger charge is -2.19. The largest absolute Gasteiger partial charge is 0.480 e. The molecule has 1 amide bonds. The summed E-state index contributed by atoms with van der Waals surface area (Å²) < 4.78 is 0. The van der Waals surface area contributed by atoms with Crippen molar-refractivity contribution < 1.29 is 14.7 Å². The highest BCUT2D eigenvalue weighted by Gasteiger charge is 2.23. The number of nitrogens with one attached hydrogen (secondary N) is 1. The molecular formula is C19H21NO3. The Hall–Kier alpha value is -2.62. The van der Waals surface area contributed by atoms with Crippen molar-refractivity contribution in [3.8, 4) is 0 Å². The van der Waals surface area contributed by atoms with E-state index in [2.05, 4.69) is 5.32 Å². The molecule has 2 N–H and O–H groups in total. The highest BCUT2D eigenvalue weighted by Crippen LogP contribution is 2.15. The van der Waals surface area contributed by atoms with Crippen LogP contribution >= 0.6 is 0 Å². The van der Waals surface area contributed by atoms with Gasteiger partial charge in [-0.05, 0) is 30.9 Å². The molecule has 0 spiro atoms. The van der Waals surface area contributed by atoms with Gasteiger partial charge in [0.2, 0.25) is 5.91 Å². The minimum absolute atomic E-state index is 0.229. The van der Waals surface area contributed by atoms with Gasteiger partial charge >= 0.3 is 5.97 Å². The van der Waals surface area contributed by atoms with Crippen LogP contribution < -0.4 is 5.32 Å². The van der Waals surface area contributed by atoms with Crippen molar-refractivity contribution in [2.24, 2.45) is 5.92 Å². The van der Waals surface area contributed by atoms with Gasteiger partial charge in [-0.15, -0.1) is 0 Å². The normalized spacial score (nSPS) is 11.9. The first-order chi connectivity index (χ1) is 11.1. The minimum atomic E-state index is -1.03. The maximum Gasteiger partial charge on any atom is 0.325 e. The number of hydrogen-bond acceptors (Lipinski definition) is 2. The summed E-state index contributed by atoms with van der Waals surface area (Å²) in [4.78, 5) is 23.5. The van der Waals surface area contributed by atoms with Crippen molar-refractivity contribution in [1.29, 1.82) is 0 Å². The van der Waals surface area contributed by atoms with Crippen molar-refractivity contribution in [2.45, 2.75) is 25.8 Å². The number of rotatable bonds is 7. The third-order valence-corrected chi connectivity index (χ3v) is 3.75. The smallest absolute Gasteiger partial charge is 0.325 e. The molecule has 0 aromatic heterocycles. The Morgan fingerprint density at radius 1 is 0.913 bits per heavy atom. The molecule has 0 aliphatic rings. The van der Waals surface area contributed by atoms with E-state index in [1.54, 1.807) is 0 Å². The van der Waals surface area contributed by atoms with E-state index in [9.17, 15) is 9.59 Å². The van der Waals surface area contributed by atoms with Crippen LogP contribution in [0.4, 0.5) is 0 Å². The molecule has 4 nitrogen and oxygen atoms in total. The highest BCUT2D eigenvalue weighted by atomic mass is 16.4. The third-order valence-electron chi connectivity index (χ3n) is 3.75. The molecular weight excluding hydrogens is 290 g/mol. The molecule has 0 fully saturated rings. The molecule has 120 valence electrons. The molecule has 1 atom stereocenters. The first-order valence-corrected chi connectivity index (χ1v) is 7.67. The number of carboxylic acids is 1. The van der Waals surface area contributed by atoms with E-state index in [0.29, 0.717) is 12.8 Å². The van der Waals surface area contributed by atoms with Crippen LogP contribution in [0.2, 0.25) is 0 Å². The van der Waals surface area contributed by atoms with Crippen LogP contribution in [0.3, 0.4) is 0 Å². The van der Waals surface area contributed by atoms with E-state index in [1.807, 2.05) is 60.7 Å². The minimum Gasteiger partial charge on any atom is -0.480 e. The van der Waals surface area contributed by atoms with E-state index in [1.165, 1.54) is 6.92 Å². The van der Waals surface area contributed by atoms with Crippen LogP contribution in [0.5, 0.6) is 0 Å². The summed E-state index contributed by atoms with van der Waals surface area (Å²) in [5, 5.41) is 11.6. The van der Waals surface area contributed by atoms with Crippen molar-refractivity contribution in [3.05, 3.63) is 71.8 Å². The maximum atomic E-state index is 12.5. The fourth-order valence-electron chi connectivity index (χ4n) is 2.45. The lowest BCUT2D eigenvalue weighted by Crippen LogP contribution is -2.42. The molecule has 23 heavy (non-hydrogen) atoms. The molecule has 0 saturated heterocycles. The first kappa shape index (κ1) is 16.7. The van der Waals surface area contributed by atoms with Crippen LogP contribution in [0.15, 0.2) is 60.7 Å². The average Bonchev–Trinajstić information content (AvgIpc) is 2.56. The average molecular weight is 311 g/mol. The van der Waals surface area contributed by atoms with Gasteiger partial charge in [0.15, 0.2) is 0 Å². The molecule has 0 aliphatic heterocycles. The van der Waals surface area contributed by atoms with E-state index >= 15 is 0 Å². The summed E-state index contributed by atoms with van der Waals surface area (Å²) in [6.07, 6.45) is 1.15. The Labute approximate surface area is 136 Å². The molecule has 0 saturated carbocycles. The van der Waals surface area contributed by atoms with Crippen molar-refractivity contribution in [3.63, 3.8) is 0 Å². The molecule has 2 aromatic rings. The summed E-state index contributed by atoms with van der Waals surface area (Å²) in [6.45, 7) is 1.47. The lowest BCUT2D eigenvalue weighted by molar-refractivity contribution is -0.141. The standard InChI is InChI=1S/C19H21NO3/c1-14(19(22)23)20-18(21)17(12-15-8-4-2-5-9-15)13-16-10-6-3-7-11-16/h2-11,14,17H,12-13H2,1H3,(H,20,21)(H,22,23)/t14-/m0/s1. The molecule has 0 heterocycles. The van der Waals surface area contributed by atoms with Crippen LogP contribution in [-0.4, -0.2) is 23.0 Å². The Bertz CT molecular complexity index is 599. The van der Waals surface area contributed by atoms with Gasteiger partial charge in [-0.1, -0.05) is 60.7 Å². The van der Waals surface area contributed by atoms with Crippen LogP contribution in [-0.2, 0) is 22.4 Å². The molecule has 0 aliphatic carbocycles. The third kappa shape index (κ3) is 5.25. The van der Waals surface area contributed by atoms with Crippen LogP contribution in [0.25, 0.3) is 0 Å². The number of amides is 1. The molecule has 2 aromatic carbocycles. The molecule has 0 bridgehead atoms. The highest BCUT2D eigenvalue weighted by molar-refractivity contribution is 5.85. The quantitative estimate of drug-likeness (QED) is 0.826. The molecule has 2 rings (SSSR count). The predicted molar refractivity (Wildman–Crippen MR) is 89.0 cm³/mol. The Balaban J connectivity index is 2.13. The number of hydrogen-bond donors (Lipinski definition) is 2. The summed E-state index contributed by atoms with van der Waals surface area (Å²) in [6, 6.07) is 18.6. The van der Waals surface area contributed by atoms with Gasteiger partial charge < -0.3 is 10.4 Å². The van der Waals surface area contributed by atoms with Gasteiger partial charge in [-0.3, -0.25) is 9.59 Å². The Morgan fingerprint density at radius 3 is 1.74 bits per heavy atom. The van der Waals surface area contributed by atoms with Gasteiger partial charge in [0.25, 0.3) is 0 Å². The fourth-order valence-corrected chi connectivity index (χ4v) is 2.45. The Kier molecular flexibility index (Phi) is 5.92. The van der Waals surface area contributed by atoms with Crippen molar-refractivity contribution >= 4 is 11.9 Å². The summed E-state index contributed by atoms with van der Waals surface area (Å²) >= 11 is 0. The second-order valence-electron chi connectivity index (χ2n) is 5.64. The number of carbonyl (C=O) groups excluding carboxylic acids is 1. The zero-order valence-corrected chi connectivity index (χ0v) is 13.1. The van der Waals surface area contributed by atoms with Crippen molar-refractivity contribution in [1.82, 2.24) is 5.32 Å². The van der Waals surface area contributed by atoms with Gasteiger partial charge in [-0.2, -0.15) is 0 Å². The maximum absolute atomic E-state index is 12.5. The van der Waals surface area contributed by atoms with Gasteiger partial charge in [0.05, 0.1) is 0 Å². The van der Waals surface area contributed by atoms with Gasteiger partial charge in [0.1, 0.15) is 6.04 Å². The second kappa shape index (κ2) is 8.13. The van der Waals surface area contributed by atoms with E-state index < -0.39 is 12.0 Å². The van der Waals surface area contributed by atoms with Crippen LogP contribution in [0.1, 0.15) is 18.1 Å². The van der Waals surface area contributed by atoms with E-state index in [-0.39, 0.29) is 11.8 Å². The SMILES string of the molecule is C[C@H](NC(=O)C(Cc1ccccc1)Cc1ccccc1)C(=O)O. The monoisotopic (exact) mass is 311 g/mol. The summed E-state index contributed by atoms with van der Waals surface area (Å²) in [7, 11) is 0. The zero-order valence-electron chi connectivity index (χ0n) is 13.1. The predicted octanol–water partition coefficient (Wildman–Crippen LogP) is 2.68. The summed E-state index contributed by atoms with van der Waals surface area (Å²) in [5.41, 5.74) is 2.12. The number of aliphatic carboxylic acids is 1. The second-order valence-corrected chi connectivity index (χ2v) is 5.64. The zero-order chi connectivity index (χ0) is 16.7. The van der Waals surface area contributed by atoms with Crippen LogP contribution in [0, 0.1) is 5.92 Å². The molecule has 4 heteroatoms. The van der Waals surface area contributed by atoms with Gasteiger partial charge in [0, 0.05) is 5.92 Å². The van der Waals surface area contributed by atoms with Crippen molar-refractivity contribution in [2.75, 3.05) is 0 Å². The topological polar surface area (TPSA) is 66.4 Å². The molecule has 0 unspecified atom stereocenters. The number of benzene rings is 2. The van der Waals surface area contributed by atoms with E-state index in [4.69, 9.17) is 5.11 Å².